The maximum atomic E-state index is 10.4. The lowest BCUT2D eigenvalue weighted by Crippen LogP contribution is -2.50. The van der Waals surface area contributed by atoms with Crippen LogP contribution in [0.15, 0.2) is 0 Å². The van der Waals surface area contributed by atoms with Crippen LogP contribution in [0.25, 0.3) is 0 Å². The van der Waals surface area contributed by atoms with E-state index in [1.807, 2.05) is 0 Å². The van der Waals surface area contributed by atoms with Crippen LogP contribution in [0.2, 0.25) is 0 Å². The van der Waals surface area contributed by atoms with Gasteiger partial charge in [0.15, 0.2) is 6.10 Å². The molecule has 1 unspecified atom stereocenters. The Morgan fingerprint density at radius 2 is 2.18 bits per heavy atom. The van der Waals surface area contributed by atoms with E-state index in [0.717, 1.165) is 19.3 Å². The predicted octanol–water partition coefficient (Wildman–Crippen LogP) is -0.439. The number of aliphatic hydroxyl groups excluding tert-OH is 1. The van der Waals surface area contributed by atoms with Gasteiger partial charge in [0.25, 0.3) is 0 Å². The van der Waals surface area contributed by atoms with Crippen molar-refractivity contribution in [3.63, 3.8) is 0 Å². The SMILES string of the molecule is NCC1(C(O)C(=O)O)CCC1. The fraction of sp³-hybridized carbons (Fsp3) is 0.857. The van der Waals surface area contributed by atoms with Crippen LogP contribution in [0.5, 0.6) is 0 Å². The zero-order valence-electron chi connectivity index (χ0n) is 6.29. The summed E-state index contributed by atoms with van der Waals surface area (Å²) in [5.41, 5.74) is 4.86. The second-order valence-corrected chi connectivity index (χ2v) is 3.16. The summed E-state index contributed by atoms with van der Waals surface area (Å²) in [4.78, 5) is 10.4. The number of carbonyl (C=O) groups is 1. The first-order chi connectivity index (χ1) is 5.12. The molecule has 1 saturated carbocycles. The Morgan fingerprint density at radius 3 is 2.27 bits per heavy atom. The Kier molecular flexibility index (Phi) is 2.15. The van der Waals surface area contributed by atoms with Crippen molar-refractivity contribution < 1.29 is 15.0 Å². The fourth-order valence-electron chi connectivity index (χ4n) is 1.48. The van der Waals surface area contributed by atoms with Crippen LogP contribution in [0, 0.1) is 5.41 Å². The van der Waals surface area contributed by atoms with Gasteiger partial charge in [0.1, 0.15) is 0 Å². The number of carboxylic acids is 1. The van der Waals surface area contributed by atoms with Gasteiger partial charge in [0, 0.05) is 12.0 Å². The average molecular weight is 159 g/mol. The van der Waals surface area contributed by atoms with Gasteiger partial charge >= 0.3 is 5.97 Å². The first-order valence-corrected chi connectivity index (χ1v) is 3.73. The predicted molar refractivity (Wildman–Crippen MR) is 39.0 cm³/mol. The smallest absolute Gasteiger partial charge is 0.333 e. The zero-order valence-corrected chi connectivity index (χ0v) is 6.29. The van der Waals surface area contributed by atoms with Gasteiger partial charge in [-0.1, -0.05) is 6.42 Å². The lowest BCUT2D eigenvalue weighted by molar-refractivity contribution is -0.158. The summed E-state index contributed by atoms with van der Waals surface area (Å²) in [5, 5.41) is 17.7. The van der Waals surface area contributed by atoms with Gasteiger partial charge < -0.3 is 15.9 Å². The molecule has 0 heterocycles. The molecule has 11 heavy (non-hydrogen) atoms. The van der Waals surface area contributed by atoms with Crippen LogP contribution >= 0.6 is 0 Å². The van der Waals surface area contributed by atoms with E-state index in [9.17, 15) is 9.90 Å². The van der Waals surface area contributed by atoms with Gasteiger partial charge in [0.2, 0.25) is 0 Å². The summed E-state index contributed by atoms with van der Waals surface area (Å²) >= 11 is 0. The van der Waals surface area contributed by atoms with E-state index in [2.05, 4.69) is 0 Å². The van der Waals surface area contributed by atoms with E-state index in [1.54, 1.807) is 0 Å². The second kappa shape index (κ2) is 2.79. The Hall–Kier alpha value is -0.610. The number of hydrogen-bond acceptors (Lipinski definition) is 3. The number of nitrogens with two attached hydrogens (primary N) is 1. The van der Waals surface area contributed by atoms with Crippen molar-refractivity contribution in [3.8, 4) is 0 Å². The van der Waals surface area contributed by atoms with Crippen LogP contribution in [0.1, 0.15) is 19.3 Å². The molecule has 1 aliphatic carbocycles. The molecule has 1 aliphatic rings. The van der Waals surface area contributed by atoms with Crippen LogP contribution in [-0.2, 0) is 4.79 Å². The molecule has 1 rings (SSSR count). The van der Waals surface area contributed by atoms with Crippen LogP contribution in [0.3, 0.4) is 0 Å². The Labute approximate surface area is 65.0 Å². The standard InChI is InChI=1S/C7H13NO3/c8-4-7(2-1-3-7)5(9)6(10)11/h5,9H,1-4,8H2,(H,10,11). The van der Waals surface area contributed by atoms with Gasteiger partial charge in [-0.05, 0) is 12.8 Å². The third kappa shape index (κ3) is 1.23. The molecule has 0 amide bonds. The summed E-state index contributed by atoms with van der Waals surface area (Å²) in [7, 11) is 0. The van der Waals surface area contributed by atoms with E-state index < -0.39 is 17.5 Å². The Bertz CT molecular complexity index is 160. The molecule has 4 heteroatoms. The van der Waals surface area contributed by atoms with Crippen molar-refractivity contribution in [2.45, 2.75) is 25.4 Å². The molecule has 64 valence electrons. The summed E-state index contributed by atoms with van der Waals surface area (Å²) in [6.07, 6.45) is 1.16. The number of aliphatic hydroxyl groups is 1. The first kappa shape index (κ1) is 8.49. The molecule has 0 radical (unpaired) electrons. The number of rotatable bonds is 3. The molecule has 4 N–H and O–H groups in total. The Balaban J connectivity index is 2.61. The molecule has 0 aromatic carbocycles. The normalized spacial score (nSPS) is 23.8. The third-order valence-corrected chi connectivity index (χ3v) is 2.57. The number of hydrogen-bond donors (Lipinski definition) is 3. The third-order valence-electron chi connectivity index (χ3n) is 2.57. The van der Waals surface area contributed by atoms with E-state index in [4.69, 9.17) is 10.8 Å². The highest BCUT2D eigenvalue weighted by Gasteiger charge is 2.45. The molecule has 0 aromatic heterocycles. The van der Waals surface area contributed by atoms with Crippen molar-refractivity contribution >= 4 is 5.97 Å². The van der Waals surface area contributed by atoms with Gasteiger partial charge in [-0.15, -0.1) is 0 Å². The number of carboxylic acid groups (broad SMARTS) is 1. The Morgan fingerprint density at radius 1 is 1.64 bits per heavy atom. The molecular formula is C7H13NO3. The van der Waals surface area contributed by atoms with Crippen molar-refractivity contribution in [2.75, 3.05) is 6.54 Å². The fourth-order valence-corrected chi connectivity index (χ4v) is 1.48. The monoisotopic (exact) mass is 159 g/mol. The molecule has 0 aliphatic heterocycles. The van der Waals surface area contributed by atoms with Crippen LogP contribution < -0.4 is 5.73 Å². The maximum absolute atomic E-state index is 10.4. The molecule has 4 nitrogen and oxygen atoms in total. The van der Waals surface area contributed by atoms with Gasteiger partial charge in [0.05, 0.1) is 0 Å². The quantitative estimate of drug-likeness (QED) is 0.521. The van der Waals surface area contributed by atoms with Crippen molar-refractivity contribution in [1.29, 1.82) is 0 Å². The summed E-state index contributed by atoms with van der Waals surface area (Å²) < 4.78 is 0. The van der Waals surface area contributed by atoms with Crippen LogP contribution in [0.4, 0.5) is 0 Å². The summed E-state index contributed by atoms with van der Waals surface area (Å²) in [5.74, 6) is -1.16. The van der Waals surface area contributed by atoms with Crippen molar-refractivity contribution in [3.05, 3.63) is 0 Å². The molecular weight excluding hydrogens is 146 g/mol. The molecule has 0 bridgehead atoms. The van der Waals surface area contributed by atoms with E-state index in [-0.39, 0.29) is 6.54 Å². The van der Waals surface area contributed by atoms with E-state index in [0.29, 0.717) is 0 Å². The minimum atomic E-state index is -1.28. The molecule has 1 fully saturated rings. The van der Waals surface area contributed by atoms with Gasteiger partial charge in [-0.2, -0.15) is 0 Å². The first-order valence-electron chi connectivity index (χ1n) is 3.73. The van der Waals surface area contributed by atoms with Gasteiger partial charge in [-0.3, -0.25) is 0 Å². The van der Waals surface area contributed by atoms with Crippen LogP contribution in [-0.4, -0.2) is 28.8 Å². The van der Waals surface area contributed by atoms with Gasteiger partial charge in [-0.25, -0.2) is 4.79 Å². The summed E-state index contributed by atoms with van der Waals surface area (Å²) in [6.45, 7) is 0.264. The molecule has 1 atom stereocenters. The minimum Gasteiger partial charge on any atom is -0.479 e. The maximum Gasteiger partial charge on any atom is 0.333 e. The highest BCUT2D eigenvalue weighted by molar-refractivity contribution is 5.73. The molecule has 0 saturated heterocycles. The minimum absolute atomic E-state index is 0.264. The highest BCUT2D eigenvalue weighted by Crippen LogP contribution is 2.42. The van der Waals surface area contributed by atoms with Crippen molar-refractivity contribution in [1.82, 2.24) is 0 Å². The average Bonchev–Trinajstić information content (AvgIpc) is 1.86. The second-order valence-electron chi connectivity index (χ2n) is 3.16. The summed E-state index contributed by atoms with van der Waals surface area (Å²) in [6, 6.07) is 0. The van der Waals surface area contributed by atoms with E-state index >= 15 is 0 Å². The lowest BCUT2D eigenvalue weighted by atomic mass is 9.65. The lowest BCUT2D eigenvalue weighted by Gasteiger charge is -2.42. The van der Waals surface area contributed by atoms with E-state index in [1.165, 1.54) is 0 Å². The molecule has 0 spiro atoms. The molecule has 0 aromatic rings. The van der Waals surface area contributed by atoms with Crippen molar-refractivity contribution in [2.24, 2.45) is 11.1 Å². The number of aliphatic carboxylic acids is 1. The topological polar surface area (TPSA) is 83.5 Å². The zero-order chi connectivity index (χ0) is 8.48. The highest BCUT2D eigenvalue weighted by atomic mass is 16.4. The largest absolute Gasteiger partial charge is 0.479 e.